The molecule has 1 aromatic heterocycles. The zero-order valence-electron chi connectivity index (χ0n) is 14.1. The normalized spacial score (nSPS) is 10.5. The highest BCUT2D eigenvalue weighted by Crippen LogP contribution is 2.32. The molecular weight excluding hydrogens is 348 g/mol. The summed E-state index contributed by atoms with van der Waals surface area (Å²) in [5, 5.41) is 33.3. The maximum atomic E-state index is 9.90. The van der Waals surface area contributed by atoms with Crippen LogP contribution in [0.15, 0.2) is 54.6 Å². The Hall–Kier alpha value is -2.90. The van der Waals surface area contributed by atoms with Gasteiger partial charge in [-0.25, -0.2) is 0 Å². The number of aromatic nitrogens is 1. The molecule has 2 aromatic carbocycles. The van der Waals surface area contributed by atoms with Crippen molar-refractivity contribution in [1.82, 2.24) is 9.69 Å². The van der Waals surface area contributed by atoms with E-state index in [4.69, 9.17) is 10.5 Å². The van der Waals surface area contributed by atoms with Crippen molar-refractivity contribution in [3.05, 3.63) is 71.3 Å². The van der Waals surface area contributed by atoms with Gasteiger partial charge in [-0.3, -0.25) is 5.41 Å². The third kappa shape index (κ3) is 4.38. The maximum absolute atomic E-state index is 9.90. The molecule has 3 aromatic rings. The molecule has 0 aliphatic rings. The summed E-state index contributed by atoms with van der Waals surface area (Å²) in [7, 11) is 0. The number of hydrogen-bond acceptors (Lipinski definition) is 6. The molecule has 0 spiro atoms. The first-order chi connectivity index (χ1) is 12.7. The summed E-state index contributed by atoms with van der Waals surface area (Å²) in [4.78, 5) is 0. The van der Waals surface area contributed by atoms with Crippen molar-refractivity contribution in [2.75, 3.05) is 18.5 Å². The highest BCUT2D eigenvalue weighted by atomic mass is 32.1. The van der Waals surface area contributed by atoms with Crippen molar-refractivity contribution < 1.29 is 10.2 Å². The number of hydrogen-bond donors (Lipinski definition) is 5. The topological polar surface area (TPSA) is 101 Å². The molecule has 6 nitrogen and oxygen atoms in total. The average molecular weight is 368 g/mol. The summed E-state index contributed by atoms with van der Waals surface area (Å²) in [5.74, 6) is -0.179. The second-order valence-corrected chi connectivity index (χ2v) is 6.49. The van der Waals surface area contributed by atoms with E-state index in [1.165, 1.54) is 11.1 Å². The fourth-order valence-electron chi connectivity index (χ4n) is 2.53. The Labute approximate surface area is 155 Å². The Morgan fingerprint density at radius 1 is 1.04 bits per heavy atom. The summed E-state index contributed by atoms with van der Waals surface area (Å²) < 4.78 is 3.91. The van der Waals surface area contributed by atoms with E-state index in [9.17, 15) is 5.11 Å². The molecule has 0 bridgehead atoms. The standard InChI is InChI=1S/C19H20N4O2S/c20-17(21-10-11-24)16-18(25)23-26-19(16)22-15-8-6-14(7-9-15)12-13-4-2-1-3-5-13/h1-9,22,24H,10-12H2,(H2,20,21)(H,23,25). The Morgan fingerprint density at radius 2 is 1.73 bits per heavy atom. The molecule has 0 saturated heterocycles. The number of nitrogens with one attached hydrogen (secondary N) is 3. The monoisotopic (exact) mass is 368 g/mol. The van der Waals surface area contributed by atoms with Crippen molar-refractivity contribution in [3.8, 4) is 5.88 Å². The number of benzene rings is 2. The number of aromatic hydroxyl groups is 1. The molecule has 7 heteroatoms. The van der Waals surface area contributed by atoms with Crippen LogP contribution in [0.5, 0.6) is 5.88 Å². The van der Waals surface area contributed by atoms with Crippen LogP contribution in [-0.4, -0.2) is 33.6 Å². The minimum atomic E-state index is -0.200. The quantitative estimate of drug-likeness (QED) is 0.326. The number of nitrogens with zero attached hydrogens (tertiary/aromatic N) is 1. The minimum Gasteiger partial charge on any atom is -0.492 e. The highest BCUT2D eigenvalue weighted by Gasteiger charge is 2.17. The number of anilines is 2. The van der Waals surface area contributed by atoms with Crippen LogP contribution < -0.4 is 10.6 Å². The lowest BCUT2D eigenvalue weighted by Crippen LogP contribution is -2.26. The Bertz CT molecular complexity index is 863. The van der Waals surface area contributed by atoms with Crippen molar-refractivity contribution >= 4 is 28.1 Å². The minimum absolute atomic E-state index is 0.0218. The predicted octanol–water partition coefficient (Wildman–Crippen LogP) is 3.09. The zero-order valence-corrected chi connectivity index (χ0v) is 14.9. The number of aliphatic hydroxyl groups is 1. The van der Waals surface area contributed by atoms with Crippen LogP contribution in [0.4, 0.5) is 10.7 Å². The van der Waals surface area contributed by atoms with Gasteiger partial charge in [0.25, 0.3) is 0 Å². The van der Waals surface area contributed by atoms with Gasteiger partial charge < -0.3 is 20.8 Å². The van der Waals surface area contributed by atoms with Crippen molar-refractivity contribution in [2.24, 2.45) is 0 Å². The smallest absolute Gasteiger partial charge is 0.236 e. The van der Waals surface area contributed by atoms with Gasteiger partial charge in [-0.15, -0.1) is 0 Å². The molecule has 0 amide bonds. The van der Waals surface area contributed by atoms with E-state index in [0.29, 0.717) is 10.6 Å². The maximum Gasteiger partial charge on any atom is 0.236 e. The van der Waals surface area contributed by atoms with Crippen LogP contribution >= 0.6 is 11.5 Å². The van der Waals surface area contributed by atoms with Gasteiger partial charge in [0.1, 0.15) is 16.4 Å². The Kier molecular flexibility index (Phi) is 5.83. The lowest BCUT2D eigenvalue weighted by atomic mass is 10.0. The van der Waals surface area contributed by atoms with E-state index in [0.717, 1.165) is 23.6 Å². The Balaban J connectivity index is 1.71. The van der Waals surface area contributed by atoms with Crippen LogP contribution in [0.3, 0.4) is 0 Å². The third-order valence-electron chi connectivity index (χ3n) is 3.80. The van der Waals surface area contributed by atoms with Crippen LogP contribution in [0, 0.1) is 5.41 Å². The molecule has 134 valence electrons. The zero-order chi connectivity index (χ0) is 18.4. The van der Waals surface area contributed by atoms with Gasteiger partial charge >= 0.3 is 0 Å². The van der Waals surface area contributed by atoms with E-state index in [1.807, 2.05) is 42.5 Å². The highest BCUT2D eigenvalue weighted by molar-refractivity contribution is 7.11. The summed E-state index contributed by atoms with van der Waals surface area (Å²) in [6, 6.07) is 18.3. The molecule has 26 heavy (non-hydrogen) atoms. The van der Waals surface area contributed by atoms with E-state index in [1.54, 1.807) is 0 Å². The van der Waals surface area contributed by atoms with Gasteiger partial charge in [0.15, 0.2) is 0 Å². The van der Waals surface area contributed by atoms with Crippen molar-refractivity contribution in [1.29, 1.82) is 5.41 Å². The SMILES string of the molecule is N=C(NCCO)c1c(O)nsc1Nc1ccc(Cc2ccccc2)cc1. The number of aliphatic hydroxyl groups excluding tert-OH is 1. The van der Waals surface area contributed by atoms with Gasteiger partial charge in [0, 0.05) is 12.2 Å². The molecule has 1 heterocycles. The summed E-state index contributed by atoms with van der Waals surface area (Å²) in [6.07, 6.45) is 0.865. The van der Waals surface area contributed by atoms with E-state index >= 15 is 0 Å². The molecule has 0 aliphatic heterocycles. The molecule has 0 saturated carbocycles. The van der Waals surface area contributed by atoms with Gasteiger partial charge in [-0.1, -0.05) is 42.5 Å². The number of amidine groups is 1. The fourth-order valence-corrected chi connectivity index (χ4v) is 3.25. The third-order valence-corrected chi connectivity index (χ3v) is 4.55. The van der Waals surface area contributed by atoms with Crippen LogP contribution in [0.1, 0.15) is 16.7 Å². The van der Waals surface area contributed by atoms with E-state index in [-0.39, 0.29) is 24.9 Å². The van der Waals surface area contributed by atoms with Crippen LogP contribution in [-0.2, 0) is 6.42 Å². The average Bonchev–Trinajstić information content (AvgIpc) is 3.02. The Morgan fingerprint density at radius 3 is 2.42 bits per heavy atom. The molecule has 0 radical (unpaired) electrons. The molecule has 0 unspecified atom stereocenters. The first kappa shape index (κ1) is 17.9. The fraction of sp³-hybridized carbons (Fsp3) is 0.158. The largest absolute Gasteiger partial charge is 0.492 e. The van der Waals surface area contributed by atoms with Gasteiger partial charge in [-0.2, -0.15) is 4.37 Å². The molecule has 5 N–H and O–H groups in total. The molecule has 0 aliphatic carbocycles. The second kappa shape index (κ2) is 8.46. The summed E-state index contributed by atoms with van der Waals surface area (Å²) >= 11 is 1.09. The molecule has 0 atom stereocenters. The molecule has 0 fully saturated rings. The summed E-state index contributed by atoms with van der Waals surface area (Å²) in [5.41, 5.74) is 3.61. The first-order valence-electron chi connectivity index (χ1n) is 8.19. The van der Waals surface area contributed by atoms with Crippen molar-refractivity contribution in [3.63, 3.8) is 0 Å². The van der Waals surface area contributed by atoms with Gasteiger partial charge in [0.05, 0.1) is 6.61 Å². The molecular formula is C19H20N4O2S. The van der Waals surface area contributed by atoms with Crippen LogP contribution in [0.2, 0.25) is 0 Å². The molecule has 3 rings (SSSR count). The second-order valence-electron chi connectivity index (χ2n) is 5.72. The van der Waals surface area contributed by atoms with Gasteiger partial charge in [-0.05, 0) is 41.2 Å². The lowest BCUT2D eigenvalue weighted by Gasteiger charge is -2.10. The first-order valence-corrected chi connectivity index (χ1v) is 8.97. The summed E-state index contributed by atoms with van der Waals surface area (Å²) in [6.45, 7) is 0.147. The van der Waals surface area contributed by atoms with Gasteiger partial charge in [0.2, 0.25) is 5.88 Å². The lowest BCUT2D eigenvalue weighted by molar-refractivity contribution is 0.300. The van der Waals surface area contributed by atoms with Crippen LogP contribution in [0.25, 0.3) is 0 Å². The van der Waals surface area contributed by atoms with E-state index in [2.05, 4.69) is 27.1 Å². The van der Waals surface area contributed by atoms with Crippen molar-refractivity contribution in [2.45, 2.75) is 6.42 Å². The number of rotatable bonds is 7. The van der Waals surface area contributed by atoms with E-state index < -0.39 is 0 Å². The predicted molar refractivity (Wildman–Crippen MR) is 105 cm³/mol.